The zero-order valence-corrected chi connectivity index (χ0v) is 19.0. The van der Waals surface area contributed by atoms with Crippen LogP contribution in [0.3, 0.4) is 0 Å². The average Bonchev–Trinajstić information content (AvgIpc) is 3.72. The number of ether oxygens (including phenoxy) is 1. The second-order valence-electron chi connectivity index (χ2n) is 9.54. The number of phenolic OH excluding ortho intramolecular Hbond substituents is 1. The van der Waals surface area contributed by atoms with Crippen LogP contribution in [0.25, 0.3) is 22.5 Å². The molecule has 35 heavy (non-hydrogen) atoms. The van der Waals surface area contributed by atoms with Gasteiger partial charge in [-0.15, -0.1) is 15.3 Å². The molecule has 1 aromatic carbocycles. The predicted molar refractivity (Wildman–Crippen MR) is 128 cm³/mol. The van der Waals surface area contributed by atoms with Crippen molar-refractivity contribution in [2.75, 3.05) is 11.9 Å². The van der Waals surface area contributed by atoms with E-state index in [-0.39, 0.29) is 35.6 Å². The zero-order chi connectivity index (χ0) is 26.4. The molecule has 2 bridgehead atoms. The molecule has 4 atom stereocenters. The van der Waals surface area contributed by atoms with Crippen molar-refractivity contribution in [3.05, 3.63) is 36.7 Å². The summed E-state index contributed by atoms with van der Waals surface area (Å²) in [6.45, 7) is 0. The summed E-state index contributed by atoms with van der Waals surface area (Å²) in [5.41, 5.74) is 1.47. The first-order valence-corrected chi connectivity index (χ1v) is 12.0. The van der Waals surface area contributed by atoms with E-state index in [1.807, 2.05) is 0 Å². The summed E-state index contributed by atoms with van der Waals surface area (Å²) in [6.07, 6.45) is 7.81. The van der Waals surface area contributed by atoms with Gasteiger partial charge in [-0.25, -0.2) is 9.37 Å². The third-order valence-corrected chi connectivity index (χ3v) is 7.22. The van der Waals surface area contributed by atoms with Gasteiger partial charge in [-0.3, -0.25) is 0 Å². The minimum absolute atomic E-state index is 0.0822. The number of fused-ring (bicyclic) bond motifs is 2. The Morgan fingerprint density at radius 3 is 2.80 bits per heavy atom. The highest BCUT2D eigenvalue weighted by atomic mass is 19.1. The molecule has 3 aliphatic rings. The Labute approximate surface area is 207 Å². The molecule has 0 unspecified atom stereocenters. The van der Waals surface area contributed by atoms with Crippen LogP contribution in [-0.4, -0.2) is 67.9 Å². The minimum Gasteiger partial charge on any atom is -0.507 e. The Morgan fingerprint density at radius 1 is 1.11 bits per heavy atom. The van der Waals surface area contributed by atoms with Crippen LogP contribution < -0.4 is 15.0 Å². The van der Waals surface area contributed by atoms with Crippen LogP contribution in [0.4, 0.5) is 10.2 Å². The number of nitrogens with one attached hydrogen (secondary N) is 1. The van der Waals surface area contributed by atoms with Crippen LogP contribution in [0.2, 0.25) is 0 Å². The van der Waals surface area contributed by atoms with Gasteiger partial charge in [-0.2, -0.15) is 5.10 Å². The summed E-state index contributed by atoms with van der Waals surface area (Å²) in [4.78, 5) is 6.55. The number of nitrogens with zero attached hydrogens (tertiary/aromatic N) is 6. The van der Waals surface area contributed by atoms with Crippen LogP contribution in [0.1, 0.15) is 42.6 Å². The largest absolute Gasteiger partial charge is 0.507 e. The number of benzene rings is 1. The molecule has 1 aliphatic carbocycles. The lowest BCUT2D eigenvalue weighted by Crippen LogP contribution is -2.62. The predicted octanol–water partition coefficient (Wildman–Crippen LogP) is 3.30. The molecule has 10 heteroatoms. The topological polar surface area (TPSA) is 109 Å². The monoisotopic (exact) mass is 480 g/mol. The van der Waals surface area contributed by atoms with E-state index >= 15 is 4.39 Å². The van der Waals surface area contributed by atoms with Crippen molar-refractivity contribution in [2.45, 2.75) is 68.9 Å². The Kier molecular flexibility index (Phi) is 4.85. The van der Waals surface area contributed by atoms with Crippen molar-refractivity contribution in [2.24, 2.45) is 0 Å². The molecule has 4 heterocycles. The molecule has 2 aliphatic heterocycles. The van der Waals surface area contributed by atoms with Crippen LogP contribution in [0.5, 0.6) is 11.6 Å². The van der Waals surface area contributed by atoms with Crippen molar-refractivity contribution < 1.29 is 18.3 Å². The number of alkyl halides is 1. The van der Waals surface area contributed by atoms with Gasteiger partial charge in [0.05, 0.1) is 35.1 Å². The summed E-state index contributed by atoms with van der Waals surface area (Å²) in [5.74, 6) is 0.569. The lowest BCUT2D eigenvalue weighted by molar-refractivity contribution is 0.104. The second kappa shape index (κ2) is 8.99. The molecule has 3 fully saturated rings. The first-order chi connectivity index (χ1) is 18.2. The van der Waals surface area contributed by atoms with Crippen molar-refractivity contribution in [3.63, 3.8) is 0 Å². The molecule has 3 aromatic rings. The summed E-state index contributed by atoms with van der Waals surface area (Å²) in [5, 5.41) is 30.3. The number of hydrogen-bond acceptors (Lipinski definition) is 9. The van der Waals surface area contributed by atoms with E-state index in [0.717, 1.165) is 38.5 Å². The molecule has 0 amide bonds. The molecule has 0 spiro atoms. The van der Waals surface area contributed by atoms with E-state index < -0.39 is 13.2 Å². The quantitative estimate of drug-likeness (QED) is 0.549. The van der Waals surface area contributed by atoms with E-state index in [1.54, 1.807) is 18.3 Å². The number of phenols is 1. The normalized spacial score (nSPS) is 27.4. The number of piperidine rings is 2. The van der Waals surface area contributed by atoms with Crippen LogP contribution in [0.15, 0.2) is 36.7 Å². The Morgan fingerprint density at radius 2 is 2.03 bits per heavy atom. The number of aromatic hydroxyl groups is 1. The van der Waals surface area contributed by atoms with E-state index in [2.05, 4.69) is 35.6 Å². The number of anilines is 1. The summed E-state index contributed by atoms with van der Waals surface area (Å²) < 4.78 is 42.0. The molecule has 6 rings (SSSR count). The summed E-state index contributed by atoms with van der Waals surface area (Å²) >= 11 is 0. The van der Waals surface area contributed by atoms with E-state index in [9.17, 15) is 5.11 Å². The highest BCUT2D eigenvalue weighted by Gasteiger charge is 2.46. The SMILES string of the molecule is [2H]C([2H])([2H])Oc1cc(-c2ccc(-c3ncc(N(C4CC4)[C@H]4C[C@@H]5CCC[C@H](N5)[C@H]4F)nn3)c(O)c2)cnn1. The molecule has 182 valence electrons. The molecule has 2 saturated heterocycles. The van der Waals surface area contributed by atoms with Crippen LogP contribution >= 0.6 is 0 Å². The fourth-order valence-corrected chi connectivity index (χ4v) is 5.39. The van der Waals surface area contributed by atoms with Crippen molar-refractivity contribution >= 4 is 5.82 Å². The summed E-state index contributed by atoms with van der Waals surface area (Å²) in [7, 11) is -2.65. The number of aromatic nitrogens is 5. The smallest absolute Gasteiger partial charge is 0.233 e. The number of rotatable bonds is 6. The lowest BCUT2D eigenvalue weighted by atomic mass is 9.82. The third-order valence-electron chi connectivity index (χ3n) is 7.22. The van der Waals surface area contributed by atoms with Gasteiger partial charge in [-0.1, -0.05) is 12.5 Å². The van der Waals surface area contributed by atoms with Gasteiger partial charge in [0.25, 0.3) is 0 Å². The van der Waals surface area contributed by atoms with E-state index in [0.29, 0.717) is 28.6 Å². The molecule has 0 radical (unpaired) electrons. The first-order valence-electron chi connectivity index (χ1n) is 13.5. The second-order valence-corrected chi connectivity index (χ2v) is 9.54. The average molecular weight is 481 g/mol. The molecule has 9 nitrogen and oxygen atoms in total. The number of hydrogen-bond donors (Lipinski definition) is 2. The summed E-state index contributed by atoms with van der Waals surface area (Å²) in [6, 6.07) is 6.52. The Hall–Kier alpha value is -3.40. The van der Waals surface area contributed by atoms with Crippen molar-refractivity contribution in [1.82, 2.24) is 30.7 Å². The van der Waals surface area contributed by atoms with Crippen molar-refractivity contribution in [3.8, 4) is 34.1 Å². The van der Waals surface area contributed by atoms with Crippen LogP contribution in [-0.2, 0) is 0 Å². The maximum absolute atomic E-state index is 15.5. The zero-order valence-electron chi connectivity index (χ0n) is 22.0. The van der Waals surface area contributed by atoms with Gasteiger partial charge in [0.15, 0.2) is 11.6 Å². The Balaban J connectivity index is 1.23. The standard InChI is InChI=1S/C25H28FN7O2/c1-35-23-10-15(12-28-31-23)14-5-8-18(21(34)9-14)25-27-13-22(30-32-25)33(17-6-7-17)20-11-16-3-2-4-19(29-16)24(20)26/h5,8-10,12-13,16-17,19-20,24,29,34H,2-4,6-7,11H2,1H3/t16-,19-,20-,24+/m0/s1/i1D3. The van der Waals surface area contributed by atoms with Crippen LogP contribution in [0, 0.1) is 0 Å². The van der Waals surface area contributed by atoms with Gasteiger partial charge in [0.2, 0.25) is 5.88 Å². The van der Waals surface area contributed by atoms with Gasteiger partial charge in [-0.05, 0) is 49.8 Å². The minimum atomic E-state index is -2.65. The maximum Gasteiger partial charge on any atom is 0.233 e. The number of methoxy groups -OCH3 is 1. The third kappa shape index (κ3) is 4.27. The Bertz CT molecular complexity index is 1310. The highest BCUT2D eigenvalue weighted by Crippen LogP contribution is 2.39. The molecule has 1 saturated carbocycles. The number of halogens is 1. The lowest BCUT2D eigenvalue weighted by Gasteiger charge is -2.47. The van der Waals surface area contributed by atoms with E-state index in [1.165, 1.54) is 18.3 Å². The molecular formula is C25H28FN7O2. The van der Waals surface area contributed by atoms with Gasteiger partial charge >= 0.3 is 0 Å². The van der Waals surface area contributed by atoms with Gasteiger partial charge in [0.1, 0.15) is 11.9 Å². The highest BCUT2D eigenvalue weighted by molar-refractivity contribution is 5.72. The van der Waals surface area contributed by atoms with Gasteiger partial charge < -0.3 is 20.1 Å². The van der Waals surface area contributed by atoms with Gasteiger partial charge in [0, 0.05) is 29.8 Å². The molecule has 2 aromatic heterocycles. The maximum atomic E-state index is 15.5. The van der Waals surface area contributed by atoms with Crippen molar-refractivity contribution in [1.29, 1.82) is 0 Å². The molecule has 2 N–H and O–H groups in total. The first kappa shape index (κ1) is 18.9. The fraction of sp³-hybridized carbons (Fsp3) is 0.480. The fourth-order valence-electron chi connectivity index (χ4n) is 5.39. The van der Waals surface area contributed by atoms with E-state index in [4.69, 9.17) is 8.85 Å². The molecular weight excluding hydrogens is 449 g/mol.